The number of urea groups is 1. The Labute approximate surface area is 152 Å². The third kappa shape index (κ3) is 6.90. The highest BCUT2D eigenvalue weighted by atomic mass is 19.4. The number of amides is 2. The lowest BCUT2D eigenvalue weighted by atomic mass is 9.85. The largest absolute Gasteiger partial charge is 0.391 e. The first-order chi connectivity index (χ1) is 12.3. The van der Waals surface area contributed by atoms with Crippen LogP contribution in [0.2, 0.25) is 0 Å². The molecule has 7 nitrogen and oxygen atoms in total. The molecule has 26 heavy (non-hydrogen) atoms. The lowest BCUT2D eigenvalue weighted by molar-refractivity contribution is -0.183. The highest BCUT2D eigenvalue weighted by molar-refractivity contribution is 5.74. The molecule has 1 saturated carbocycles. The van der Waals surface area contributed by atoms with Crippen LogP contribution in [0.15, 0.2) is 0 Å². The van der Waals surface area contributed by atoms with E-state index in [9.17, 15) is 18.0 Å². The van der Waals surface area contributed by atoms with Gasteiger partial charge in [-0.15, -0.1) is 0 Å². The molecule has 2 fully saturated rings. The van der Waals surface area contributed by atoms with Crippen molar-refractivity contribution in [2.75, 3.05) is 13.1 Å². The van der Waals surface area contributed by atoms with Crippen molar-refractivity contribution in [3.63, 3.8) is 0 Å². The monoisotopic (exact) mass is 380 g/mol. The van der Waals surface area contributed by atoms with Crippen LogP contribution >= 0.6 is 0 Å². The van der Waals surface area contributed by atoms with Gasteiger partial charge in [-0.2, -0.15) is 13.2 Å². The van der Waals surface area contributed by atoms with Crippen LogP contribution < -0.4 is 32.3 Å². The van der Waals surface area contributed by atoms with E-state index in [-0.39, 0.29) is 25.0 Å². The summed E-state index contributed by atoms with van der Waals surface area (Å²) in [5, 5.41) is 15.2. The highest BCUT2D eigenvalue weighted by Gasteiger charge is 2.42. The number of alkyl halides is 3. The molecule has 2 rings (SSSR count). The Morgan fingerprint density at radius 1 is 1.19 bits per heavy atom. The summed E-state index contributed by atoms with van der Waals surface area (Å²) in [6.45, 7) is 3.40. The van der Waals surface area contributed by atoms with Gasteiger partial charge in [0.05, 0.1) is 12.1 Å². The molecule has 1 saturated heterocycles. The minimum absolute atomic E-state index is 0.0346. The fraction of sp³-hybridized carbons (Fsp3) is 0.938. The molecule has 0 aromatic rings. The van der Waals surface area contributed by atoms with Crippen molar-refractivity contribution >= 4 is 6.03 Å². The number of carbonyl (C=O) groups is 1. The van der Waals surface area contributed by atoms with E-state index >= 15 is 0 Å². The van der Waals surface area contributed by atoms with E-state index in [0.717, 1.165) is 19.4 Å². The van der Waals surface area contributed by atoms with Crippen LogP contribution in [-0.4, -0.2) is 49.8 Å². The van der Waals surface area contributed by atoms with Crippen LogP contribution in [0.4, 0.5) is 18.0 Å². The molecule has 7 N–H and O–H groups in total. The van der Waals surface area contributed by atoms with Gasteiger partial charge < -0.3 is 21.7 Å². The molecule has 0 aromatic heterocycles. The van der Waals surface area contributed by atoms with Gasteiger partial charge in [-0.3, -0.25) is 10.6 Å². The number of hydrogen-bond acceptors (Lipinski definition) is 5. The highest BCUT2D eigenvalue weighted by Crippen LogP contribution is 2.37. The van der Waals surface area contributed by atoms with Crippen molar-refractivity contribution in [1.29, 1.82) is 0 Å². The lowest BCUT2D eigenvalue weighted by Crippen LogP contribution is -2.68. The molecule has 5 unspecified atom stereocenters. The first-order valence-corrected chi connectivity index (χ1v) is 9.37. The van der Waals surface area contributed by atoms with Crippen LogP contribution in [0.5, 0.6) is 0 Å². The minimum atomic E-state index is -4.19. The Bertz CT molecular complexity index is 450. The summed E-state index contributed by atoms with van der Waals surface area (Å²) >= 11 is 0. The molecular weight excluding hydrogens is 349 g/mol. The third-order valence-electron chi connectivity index (χ3n) is 4.93. The van der Waals surface area contributed by atoms with Crippen LogP contribution in [0.1, 0.15) is 45.4 Å². The first-order valence-electron chi connectivity index (χ1n) is 9.37. The number of rotatable bonds is 6. The van der Waals surface area contributed by atoms with Gasteiger partial charge >= 0.3 is 12.2 Å². The van der Waals surface area contributed by atoms with Gasteiger partial charge in [-0.25, -0.2) is 4.79 Å². The zero-order valence-electron chi connectivity index (χ0n) is 15.2. The van der Waals surface area contributed by atoms with Crippen molar-refractivity contribution < 1.29 is 18.0 Å². The topological polar surface area (TPSA) is 103 Å². The van der Waals surface area contributed by atoms with Gasteiger partial charge in [0.1, 0.15) is 6.29 Å². The predicted octanol–water partition coefficient (Wildman–Crippen LogP) is 0.926. The van der Waals surface area contributed by atoms with E-state index in [1.807, 2.05) is 6.92 Å². The van der Waals surface area contributed by atoms with Crippen molar-refractivity contribution in [1.82, 2.24) is 26.6 Å². The Kier molecular flexibility index (Phi) is 7.93. The Morgan fingerprint density at radius 3 is 2.65 bits per heavy atom. The lowest BCUT2D eigenvalue weighted by Gasteiger charge is -2.37. The molecule has 5 atom stereocenters. The quantitative estimate of drug-likeness (QED) is 0.385. The number of nitrogens with one attached hydrogen (secondary N) is 5. The summed E-state index contributed by atoms with van der Waals surface area (Å²) < 4.78 is 38.6. The summed E-state index contributed by atoms with van der Waals surface area (Å²) in [5.41, 5.74) is 5.48. The SMILES string of the molecule is CC1CC(NCCCN)NC(NC(=O)NC2CCCC(C(F)(F)F)C2)N1. The summed E-state index contributed by atoms with van der Waals surface area (Å²) in [4.78, 5) is 12.2. The number of halogens is 3. The van der Waals surface area contributed by atoms with Crippen molar-refractivity contribution in [3.8, 4) is 0 Å². The molecule has 0 bridgehead atoms. The second kappa shape index (κ2) is 9.72. The van der Waals surface area contributed by atoms with Crippen molar-refractivity contribution in [2.45, 2.75) is 76.2 Å². The van der Waals surface area contributed by atoms with E-state index in [4.69, 9.17) is 5.73 Å². The van der Waals surface area contributed by atoms with Crippen LogP contribution in [0.3, 0.4) is 0 Å². The molecule has 2 aliphatic rings. The molecule has 1 aliphatic carbocycles. The maximum atomic E-state index is 12.9. The summed E-state index contributed by atoms with van der Waals surface area (Å²) in [5.74, 6) is -1.33. The second-order valence-corrected chi connectivity index (χ2v) is 7.27. The fourth-order valence-electron chi connectivity index (χ4n) is 3.60. The molecule has 0 radical (unpaired) electrons. The smallest absolute Gasteiger partial charge is 0.335 e. The molecule has 152 valence electrons. The van der Waals surface area contributed by atoms with Gasteiger partial charge in [0.2, 0.25) is 0 Å². The first kappa shape index (κ1) is 21.2. The Hall–Kier alpha value is -1.10. The molecule has 10 heteroatoms. The zero-order valence-corrected chi connectivity index (χ0v) is 15.2. The summed E-state index contributed by atoms with van der Waals surface area (Å²) in [6, 6.07) is -0.728. The standard InChI is InChI=1S/C16H31F3N6O/c1-10-8-13(21-7-3-6-20)24-14(22-10)25-15(26)23-12-5-2-4-11(9-12)16(17,18)19/h10-14,21-22,24H,2-9,20H2,1H3,(H2,23,25,26). The molecule has 0 aromatic carbocycles. The average Bonchev–Trinajstić information content (AvgIpc) is 2.54. The molecular formula is C16H31F3N6O. The maximum absolute atomic E-state index is 12.9. The van der Waals surface area contributed by atoms with Gasteiger partial charge in [-0.05, 0) is 52.1 Å². The van der Waals surface area contributed by atoms with Crippen molar-refractivity contribution in [3.05, 3.63) is 0 Å². The molecule has 0 spiro atoms. The van der Waals surface area contributed by atoms with E-state index in [0.29, 0.717) is 19.4 Å². The number of nitrogens with two attached hydrogens (primary N) is 1. The van der Waals surface area contributed by atoms with E-state index in [2.05, 4.69) is 26.6 Å². The van der Waals surface area contributed by atoms with Crippen LogP contribution in [0.25, 0.3) is 0 Å². The van der Waals surface area contributed by atoms with Gasteiger partial charge in [0.15, 0.2) is 0 Å². The maximum Gasteiger partial charge on any atom is 0.391 e. The van der Waals surface area contributed by atoms with E-state index in [1.165, 1.54) is 0 Å². The fourth-order valence-corrected chi connectivity index (χ4v) is 3.60. The van der Waals surface area contributed by atoms with Crippen LogP contribution in [0, 0.1) is 5.92 Å². The Morgan fingerprint density at radius 2 is 1.96 bits per heavy atom. The molecule has 2 amide bonds. The molecule has 1 heterocycles. The zero-order chi connectivity index (χ0) is 19.2. The second-order valence-electron chi connectivity index (χ2n) is 7.27. The van der Waals surface area contributed by atoms with E-state index in [1.54, 1.807) is 0 Å². The predicted molar refractivity (Wildman–Crippen MR) is 93.1 cm³/mol. The van der Waals surface area contributed by atoms with Crippen LogP contribution in [-0.2, 0) is 0 Å². The van der Waals surface area contributed by atoms with Gasteiger partial charge in [0.25, 0.3) is 0 Å². The molecule has 1 aliphatic heterocycles. The summed E-state index contributed by atoms with van der Waals surface area (Å²) in [6.07, 6.45) is -1.76. The van der Waals surface area contributed by atoms with Crippen molar-refractivity contribution in [2.24, 2.45) is 11.7 Å². The van der Waals surface area contributed by atoms with Gasteiger partial charge in [0, 0.05) is 12.1 Å². The Balaban J connectivity index is 1.77. The number of carbonyl (C=O) groups excluding carboxylic acids is 1. The summed E-state index contributed by atoms with van der Waals surface area (Å²) in [7, 11) is 0. The minimum Gasteiger partial charge on any atom is -0.335 e. The third-order valence-corrected chi connectivity index (χ3v) is 4.93. The normalized spacial score (nSPS) is 32.9. The average molecular weight is 380 g/mol. The van der Waals surface area contributed by atoms with Gasteiger partial charge in [-0.1, -0.05) is 6.42 Å². The van der Waals surface area contributed by atoms with E-state index < -0.39 is 30.5 Å². The number of hydrogen-bond donors (Lipinski definition) is 6.